The van der Waals surface area contributed by atoms with Gasteiger partial charge in [-0.1, -0.05) is 30.9 Å². The predicted octanol–water partition coefficient (Wildman–Crippen LogP) is 3.97. The molecule has 2 N–H and O–H groups in total. The van der Waals surface area contributed by atoms with Crippen molar-refractivity contribution in [2.24, 2.45) is 0 Å². The van der Waals surface area contributed by atoms with Crippen LogP contribution in [0.1, 0.15) is 56.7 Å². The number of hydrogen-bond acceptors (Lipinski definition) is 3. The molecular formula is C22H24FN3O2. The number of hydrogen-bond donors (Lipinski definition) is 2. The maximum atomic E-state index is 13.0. The summed E-state index contributed by atoms with van der Waals surface area (Å²) >= 11 is 0. The third-order valence-electron chi connectivity index (χ3n) is 3.99. The molecule has 1 heterocycles. The van der Waals surface area contributed by atoms with E-state index in [1.54, 1.807) is 30.5 Å². The minimum Gasteiger partial charge on any atom is -0.350 e. The Morgan fingerprint density at radius 3 is 2.61 bits per heavy atom. The van der Waals surface area contributed by atoms with Crippen molar-refractivity contribution in [2.45, 2.75) is 45.6 Å². The van der Waals surface area contributed by atoms with E-state index < -0.39 is 0 Å². The Labute approximate surface area is 164 Å². The summed E-state index contributed by atoms with van der Waals surface area (Å²) in [7, 11) is 0. The van der Waals surface area contributed by atoms with Crippen molar-refractivity contribution in [1.82, 2.24) is 10.3 Å². The summed E-state index contributed by atoms with van der Waals surface area (Å²) in [4.78, 5) is 28.0. The van der Waals surface area contributed by atoms with E-state index in [2.05, 4.69) is 27.5 Å². The van der Waals surface area contributed by atoms with Crippen LogP contribution in [0, 0.1) is 17.7 Å². The highest BCUT2D eigenvalue weighted by Crippen LogP contribution is 2.13. The zero-order valence-electron chi connectivity index (χ0n) is 16.1. The van der Waals surface area contributed by atoms with E-state index in [-0.39, 0.29) is 30.1 Å². The summed E-state index contributed by atoms with van der Waals surface area (Å²) in [6, 6.07) is 9.35. The fraction of sp³-hybridized carbons (Fsp3) is 0.318. The standard InChI is InChI=1S/C22H24FN3O2/c1-3-7-20(27)26-22-18(9-6-15-24-22)8-4-5-10-21(28)25-16(2)17-11-13-19(23)14-12-17/h6,9,11-16H,3,5,7,10H2,1-2H3,(H,25,28)(H,24,26,27)/t16-/m0/s1. The highest BCUT2D eigenvalue weighted by molar-refractivity contribution is 5.90. The van der Waals surface area contributed by atoms with E-state index in [0.717, 1.165) is 12.0 Å². The van der Waals surface area contributed by atoms with Gasteiger partial charge in [0.2, 0.25) is 11.8 Å². The van der Waals surface area contributed by atoms with Crippen LogP contribution in [0.3, 0.4) is 0 Å². The zero-order chi connectivity index (χ0) is 20.4. The van der Waals surface area contributed by atoms with Crippen molar-refractivity contribution < 1.29 is 14.0 Å². The molecule has 2 aromatic rings. The van der Waals surface area contributed by atoms with E-state index in [1.807, 2.05) is 13.8 Å². The van der Waals surface area contributed by atoms with Crippen molar-refractivity contribution in [1.29, 1.82) is 0 Å². The maximum absolute atomic E-state index is 13.0. The van der Waals surface area contributed by atoms with Gasteiger partial charge < -0.3 is 10.6 Å². The molecule has 0 fully saturated rings. The fourth-order valence-corrected chi connectivity index (χ4v) is 2.51. The van der Waals surface area contributed by atoms with E-state index in [4.69, 9.17) is 0 Å². The fourth-order valence-electron chi connectivity index (χ4n) is 2.51. The molecule has 2 amide bonds. The average molecular weight is 381 g/mol. The lowest BCUT2D eigenvalue weighted by atomic mass is 10.1. The molecule has 0 aliphatic heterocycles. The van der Waals surface area contributed by atoms with Gasteiger partial charge in [0.1, 0.15) is 11.6 Å². The van der Waals surface area contributed by atoms with Crippen LogP contribution in [0.4, 0.5) is 10.2 Å². The Morgan fingerprint density at radius 1 is 1.14 bits per heavy atom. The molecule has 2 rings (SSSR count). The smallest absolute Gasteiger partial charge is 0.225 e. The number of carbonyl (C=O) groups is 2. The predicted molar refractivity (Wildman–Crippen MR) is 107 cm³/mol. The van der Waals surface area contributed by atoms with Gasteiger partial charge in [0.25, 0.3) is 0 Å². The Kier molecular flexibility index (Phi) is 8.16. The number of amides is 2. The Balaban J connectivity index is 1.87. The van der Waals surface area contributed by atoms with Crippen LogP contribution < -0.4 is 10.6 Å². The minimum absolute atomic E-state index is 0.0987. The SMILES string of the molecule is CCCC(=O)Nc1ncccc1C#CCCC(=O)N[C@@H](C)c1ccc(F)cc1. The largest absolute Gasteiger partial charge is 0.350 e. The second kappa shape index (κ2) is 10.8. The Bertz CT molecular complexity index is 869. The van der Waals surface area contributed by atoms with E-state index in [1.165, 1.54) is 12.1 Å². The van der Waals surface area contributed by atoms with E-state index >= 15 is 0 Å². The highest BCUT2D eigenvalue weighted by atomic mass is 19.1. The number of anilines is 1. The second-order valence-electron chi connectivity index (χ2n) is 6.34. The molecule has 0 saturated carbocycles. The first-order valence-corrected chi connectivity index (χ1v) is 9.28. The van der Waals surface area contributed by atoms with Gasteiger partial charge in [0.15, 0.2) is 0 Å². The number of pyridine rings is 1. The third-order valence-corrected chi connectivity index (χ3v) is 3.99. The Morgan fingerprint density at radius 2 is 1.89 bits per heavy atom. The summed E-state index contributed by atoms with van der Waals surface area (Å²) < 4.78 is 13.0. The number of aromatic nitrogens is 1. The van der Waals surface area contributed by atoms with Gasteiger partial charge >= 0.3 is 0 Å². The first-order chi connectivity index (χ1) is 13.5. The maximum Gasteiger partial charge on any atom is 0.225 e. The van der Waals surface area contributed by atoms with Gasteiger partial charge in [0.05, 0.1) is 11.6 Å². The molecule has 0 bridgehead atoms. The van der Waals surface area contributed by atoms with Crippen LogP contribution in [0.5, 0.6) is 0 Å². The van der Waals surface area contributed by atoms with Gasteiger partial charge in [-0.2, -0.15) is 0 Å². The Hall–Kier alpha value is -3.20. The summed E-state index contributed by atoms with van der Waals surface area (Å²) in [5, 5.41) is 5.62. The molecule has 0 aliphatic carbocycles. The molecule has 28 heavy (non-hydrogen) atoms. The lowest BCUT2D eigenvalue weighted by Gasteiger charge is -2.13. The number of nitrogens with zero attached hydrogens (tertiary/aromatic N) is 1. The van der Waals surface area contributed by atoms with Crippen LogP contribution in [0.15, 0.2) is 42.6 Å². The molecule has 146 valence electrons. The highest BCUT2D eigenvalue weighted by Gasteiger charge is 2.09. The molecule has 1 atom stereocenters. The normalized spacial score (nSPS) is 11.1. The quantitative estimate of drug-likeness (QED) is 0.713. The summed E-state index contributed by atoms with van der Waals surface area (Å²) in [6.07, 6.45) is 3.40. The van der Waals surface area contributed by atoms with Crippen molar-refractivity contribution in [3.05, 3.63) is 59.5 Å². The molecule has 0 spiro atoms. The number of rotatable bonds is 7. The lowest BCUT2D eigenvalue weighted by molar-refractivity contribution is -0.121. The first-order valence-electron chi connectivity index (χ1n) is 9.28. The van der Waals surface area contributed by atoms with Gasteiger partial charge in [0, 0.05) is 25.5 Å². The minimum atomic E-state index is -0.307. The van der Waals surface area contributed by atoms with Gasteiger partial charge in [-0.25, -0.2) is 9.37 Å². The summed E-state index contributed by atoms with van der Waals surface area (Å²) in [6.45, 7) is 3.78. The molecular weight excluding hydrogens is 357 g/mol. The monoisotopic (exact) mass is 381 g/mol. The van der Waals surface area contributed by atoms with Crippen LogP contribution in [-0.2, 0) is 9.59 Å². The zero-order valence-corrected chi connectivity index (χ0v) is 16.1. The number of halogens is 1. The summed E-state index contributed by atoms with van der Waals surface area (Å²) in [5.74, 6) is 5.80. The average Bonchev–Trinajstić information content (AvgIpc) is 2.67. The van der Waals surface area contributed by atoms with Crippen molar-refractivity contribution in [3.63, 3.8) is 0 Å². The van der Waals surface area contributed by atoms with Crippen molar-refractivity contribution >= 4 is 17.6 Å². The number of nitrogens with one attached hydrogen (secondary N) is 2. The first kappa shape index (κ1) is 21.1. The van der Waals surface area contributed by atoms with E-state index in [9.17, 15) is 14.0 Å². The summed E-state index contributed by atoms with van der Waals surface area (Å²) in [5.41, 5.74) is 1.45. The number of carbonyl (C=O) groups excluding carboxylic acids is 2. The van der Waals surface area contributed by atoms with Crippen LogP contribution >= 0.6 is 0 Å². The molecule has 0 unspecified atom stereocenters. The molecule has 0 saturated heterocycles. The second-order valence-corrected chi connectivity index (χ2v) is 6.34. The molecule has 6 heteroatoms. The van der Waals surface area contributed by atoms with Gasteiger partial charge in [-0.15, -0.1) is 0 Å². The molecule has 1 aromatic heterocycles. The third kappa shape index (κ3) is 6.84. The van der Waals surface area contributed by atoms with Gasteiger partial charge in [-0.05, 0) is 43.2 Å². The van der Waals surface area contributed by atoms with Crippen LogP contribution in [-0.4, -0.2) is 16.8 Å². The molecule has 5 nitrogen and oxygen atoms in total. The molecule has 0 aliphatic rings. The number of benzene rings is 1. The lowest BCUT2D eigenvalue weighted by Crippen LogP contribution is -2.26. The van der Waals surface area contributed by atoms with Gasteiger partial charge in [-0.3, -0.25) is 9.59 Å². The molecule has 0 radical (unpaired) electrons. The topological polar surface area (TPSA) is 71.1 Å². The van der Waals surface area contributed by atoms with Crippen LogP contribution in [0.2, 0.25) is 0 Å². The van der Waals surface area contributed by atoms with Crippen molar-refractivity contribution in [2.75, 3.05) is 5.32 Å². The molecule has 1 aromatic carbocycles. The van der Waals surface area contributed by atoms with Crippen molar-refractivity contribution in [3.8, 4) is 11.8 Å². The van der Waals surface area contributed by atoms with E-state index in [0.29, 0.717) is 24.2 Å². The van der Waals surface area contributed by atoms with Crippen LogP contribution in [0.25, 0.3) is 0 Å².